The van der Waals surface area contributed by atoms with Gasteiger partial charge in [0.15, 0.2) is 0 Å². The summed E-state index contributed by atoms with van der Waals surface area (Å²) in [5, 5.41) is 2.80. The summed E-state index contributed by atoms with van der Waals surface area (Å²) < 4.78 is 14.3. The molecule has 0 aliphatic rings. The molecule has 2 aromatic carbocycles. The molecule has 2 aromatic rings. The Morgan fingerprint density at radius 2 is 2.05 bits per heavy atom. The Labute approximate surface area is 123 Å². The highest BCUT2D eigenvalue weighted by Gasteiger charge is 2.13. The molecule has 0 saturated heterocycles. The van der Waals surface area contributed by atoms with Crippen molar-refractivity contribution >= 4 is 39.1 Å². The van der Waals surface area contributed by atoms with E-state index in [-0.39, 0.29) is 16.6 Å². The molecule has 0 aromatic heterocycles. The van der Waals surface area contributed by atoms with Gasteiger partial charge in [0.25, 0.3) is 5.91 Å². The number of nitrogens with one attached hydrogen (secondary N) is 1. The first kappa shape index (κ1) is 14.0. The van der Waals surface area contributed by atoms with E-state index >= 15 is 0 Å². The maximum atomic E-state index is 13.6. The van der Waals surface area contributed by atoms with Crippen molar-refractivity contribution in [3.8, 4) is 0 Å². The summed E-state index contributed by atoms with van der Waals surface area (Å²) in [7, 11) is 0. The highest BCUT2D eigenvalue weighted by molar-refractivity contribution is 9.10. The predicted octanol–water partition coefficient (Wildman–Crippen LogP) is 4.80. The maximum Gasteiger partial charge on any atom is 0.256 e. The molecule has 0 radical (unpaired) electrons. The van der Waals surface area contributed by atoms with E-state index < -0.39 is 5.82 Å². The molecule has 98 valence electrons. The van der Waals surface area contributed by atoms with E-state index in [1.165, 1.54) is 12.1 Å². The fraction of sp³-hybridized carbons (Fsp3) is 0.0714. The number of anilines is 1. The van der Waals surface area contributed by atoms with Crippen LogP contribution in [0.3, 0.4) is 0 Å². The summed E-state index contributed by atoms with van der Waals surface area (Å²) in [5.74, 6) is -0.943. The summed E-state index contributed by atoms with van der Waals surface area (Å²) in [6, 6.07) is 9.42. The van der Waals surface area contributed by atoms with E-state index in [9.17, 15) is 9.18 Å². The van der Waals surface area contributed by atoms with Crippen LogP contribution in [0.1, 0.15) is 15.9 Å². The second kappa shape index (κ2) is 5.72. The van der Waals surface area contributed by atoms with Crippen LogP contribution in [0.4, 0.5) is 10.1 Å². The Morgan fingerprint density at radius 1 is 1.32 bits per heavy atom. The number of rotatable bonds is 2. The number of hydrogen-bond acceptors (Lipinski definition) is 1. The summed E-state index contributed by atoms with van der Waals surface area (Å²) in [6.07, 6.45) is 0. The third kappa shape index (κ3) is 3.14. The van der Waals surface area contributed by atoms with Gasteiger partial charge in [-0.1, -0.05) is 23.7 Å². The molecule has 2 nitrogen and oxygen atoms in total. The third-order valence-corrected chi connectivity index (χ3v) is 3.90. The number of hydrogen-bond donors (Lipinski definition) is 1. The molecular weight excluding hydrogens is 333 g/mol. The number of amides is 1. The van der Waals surface area contributed by atoms with Gasteiger partial charge < -0.3 is 5.32 Å². The normalized spacial score (nSPS) is 10.3. The highest BCUT2D eigenvalue weighted by atomic mass is 79.9. The standard InChI is InChI=1S/C14H10BrClFNO/c1-8-3-2-4-10(13(8)15)14(19)18-12-6-5-9(16)7-11(12)17/h2-7H,1H3,(H,18,19). The summed E-state index contributed by atoms with van der Waals surface area (Å²) in [4.78, 5) is 12.1. The monoisotopic (exact) mass is 341 g/mol. The van der Waals surface area contributed by atoms with Crippen LogP contribution in [-0.2, 0) is 0 Å². The van der Waals surface area contributed by atoms with Crippen molar-refractivity contribution in [2.24, 2.45) is 0 Å². The topological polar surface area (TPSA) is 29.1 Å². The van der Waals surface area contributed by atoms with Crippen LogP contribution >= 0.6 is 27.5 Å². The molecule has 5 heteroatoms. The predicted molar refractivity (Wildman–Crippen MR) is 78.2 cm³/mol. The zero-order chi connectivity index (χ0) is 14.0. The average Bonchev–Trinajstić information content (AvgIpc) is 2.36. The van der Waals surface area contributed by atoms with Gasteiger partial charge in [0, 0.05) is 9.50 Å². The van der Waals surface area contributed by atoms with Gasteiger partial charge in [-0.3, -0.25) is 4.79 Å². The van der Waals surface area contributed by atoms with Gasteiger partial charge in [-0.2, -0.15) is 0 Å². The molecule has 1 amide bonds. The molecule has 0 saturated carbocycles. The van der Waals surface area contributed by atoms with E-state index in [1.54, 1.807) is 12.1 Å². The lowest BCUT2D eigenvalue weighted by Gasteiger charge is -2.09. The van der Waals surface area contributed by atoms with Crippen LogP contribution in [0.5, 0.6) is 0 Å². The first-order valence-corrected chi connectivity index (χ1v) is 6.67. The number of halogens is 3. The first-order chi connectivity index (χ1) is 8.99. The van der Waals surface area contributed by atoms with Gasteiger partial charge in [-0.25, -0.2) is 4.39 Å². The quantitative estimate of drug-likeness (QED) is 0.834. The van der Waals surface area contributed by atoms with E-state index in [4.69, 9.17) is 11.6 Å². The zero-order valence-electron chi connectivity index (χ0n) is 10.0. The van der Waals surface area contributed by atoms with Crippen LogP contribution in [0.2, 0.25) is 5.02 Å². The average molecular weight is 343 g/mol. The number of aryl methyl sites for hydroxylation is 1. The Morgan fingerprint density at radius 3 is 2.74 bits per heavy atom. The smallest absolute Gasteiger partial charge is 0.256 e. The fourth-order valence-corrected chi connectivity index (χ4v) is 2.21. The minimum atomic E-state index is -0.565. The molecule has 0 fully saturated rings. The second-order valence-electron chi connectivity index (χ2n) is 4.01. The molecule has 0 bridgehead atoms. The Balaban J connectivity index is 2.28. The number of carbonyl (C=O) groups is 1. The Bertz CT molecular complexity index is 645. The zero-order valence-corrected chi connectivity index (χ0v) is 12.3. The molecular formula is C14H10BrClFNO. The van der Waals surface area contributed by atoms with E-state index in [0.717, 1.165) is 11.6 Å². The lowest BCUT2D eigenvalue weighted by Crippen LogP contribution is -2.14. The lowest BCUT2D eigenvalue weighted by molar-refractivity contribution is 0.102. The van der Waals surface area contributed by atoms with Crippen LogP contribution < -0.4 is 5.32 Å². The SMILES string of the molecule is Cc1cccc(C(=O)Nc2ccc(Cl)cc2F)c1Br. The number of carbonyl (C=O) groups excluding carboxylic acids is 1. The largest absolute Gasteiger partial charge is 0.319 e. The van der Waals surface area contributed by atoms with Crippen LogP contribution in [-0.4, -0.2) is 5.91 Å². The molecule has 2 rings (SSSR count). The third-order valence-electron chi connectivity index (χ3n) is 2.62. The molecule has 1 N–H and O–H groups in total. The van der Waals surface area contributed by atoms with Crippen LogP contribution in [0.15, 0.2) is 40.9 Å². The molecule has 0 spiro atoms. The van der Waals surface area contributed by atoms with Crippen molar-refractivity contribution in [2.45, 2.75) is 6.92 Å². The Hall–Kier alpha value is -1.39. The van der Waals surface area contributed by atoms with Gasteiger partial charge in [-0.05, 0) is 52.7 Å². The Kier molecular flexibility index (Phi) is 4.22. The highest BCUT2D eigenvalue weighted by Crippen LogP contribution is 2.24. The van der Waals surface area contributed by atoms with Gasteiger partial charge in [0.2, 0.25) is 0 Å². The summed E-state index contributed by atoms with van der Waals surface area (Å²) in [6.45, 7) is 1.88. The maximum absolute atomic E-state index is 13.6. The summed E-state index contributed by atoms with van der Waals surface area (Å²) in [5.41, 5.74) is 1.49. The summed E-state index contributed by atoms with van der Waals surface area (Å²) >= 11 is 9.00. The van der Waals surface area contributed by atoms with Crippen molar-refractivity contribution in [1.82, 2.24) is 0 Å². The van der Waals surface area contributed by atoms with E-state index in [0.29, 0.717) is 10.0 Å². The van der Waals surface area contributed by atoms with Crippen LogP contribution in [0.25, 0.3) is 0 Å². The lowest BCUT2D eigenvalue weighted by atomic mass is 10.1. The van der Waals surface area contributed by atoms with Crippen molar-refractivity contribution in [3.05, 3.63) is 62.8 Å². The second-order valence-corrected chi connectivity index (χ2v) is 5.24. The van der Waals surface area contributed by atoms with Gasteiger partial charge >= 0.3 is 0 Å². The fourth-order valence-electron chi connectivity index (χ4n) is 1.60. The first-order valence-electron chi connectivity index (χ1n) is 5.50. The van der Waals surface area contributed by atoms with Crippen molar-refractivity contribution < 1.29 is 9.18 Å². The van der Waals surface area contributed by atoms with E-state index in [1.807, 2.05) is 13.0 Å². The molecule has 0 unspecified atom stereocenters. The van der Waals surface area contributed by atoms with Crippen molar-refractivity contribution in [1.29, 1.82) is 0 Å². The molecule has 0 aliphatic heterocycles. The van der Waals surface area contributed by atoms with Gasteiger partial charge in [0.1, 0.15) is 5.82 Å². The van der Waals surface area contributed by atoms with Gasteiger partial charge in [-0.15, -0.1) is 0 Å². The minimum absolute atomic E-state index is 0.0998. The van der Waals surface area contributed by atoms with Crippen molar-refractivity contribution in [2.75, 3.05) is 5.32 Å². The molecule has 0 heterocycles. The van der Waals surface area contributed by atoms with E-state index in [2.05, 4.69) is 21.2 Å². The number of benzene rings is 2. The van der Waals surface area contributed by atoms with Crippen molar-refractivity contribution in [3.63, 3.8) is 0 Å². The van der Waals surface area contributed by atoms with Crippen LogP contribution in [0, 0.1) is 12.7 Å². The molecule has 0 atom stereocenters. The van der Waals surface area contributed by atoms with Gasteiger partial charge in [0.05, 0.1) is 11.3 Å². The minimum Gasteiger partial charge on any atom is -0.319 e. The molecule has 0 aliphatic carbocycles. The molecule has 19 heavy (non-hydrogen) atoms.